The van der Waals surface area contributed by atoms with Crippen LogP contribution in [0.4, 0.5) is 5.13 Å². The summed E-state index contributed by atoms with van der Waals surface area (Å²) < 4.78 is 6.38. The highest BCUT2D eigenvalue weighted by Crippen LogP contribution is 2.27. The number of hydrogen-bond acceptors (Lipinski definition) is 9. The summed E-state index contributed by atoms with van der Waals surface area (Å²) in [4.78, 5) is 27.8. The van der Waals surface area contributed by atoms with Crippen molar-refractivity contribution in [3.05, 3.63) is 29.3 Å². The van der Waals surface area contributed by atoms with Crippen LogP contribution in [0.2, 0.25) is 0 Å². The van der Waals surface area contributed by atoms with Crippen LogP contribution in [0.5, 0.6) is 0 Å². The molecule has 0 saturated heterocycles. The average Bonchev–Trinajstić information content (AvgIpc) is 3.19. The van der Waals surface area contributed by atoms with Crippen LogP contribution in [-0.4, -0.2) is 39.4 Å². The van der Waals surface area contributed by atoms with Crippen LogP contribution in [0.15, 0.2) is 28.6 Å². The lowest BCUT2D eigenvalue weighted by Crippen LogP contribution is -2.11. The third-order valence-electron chi connectivity index (χ3n) is 2.73. The predicted molar refractivity (Wildman–Crippen MR) is 94.8 cm³/mol. The third-order valence-corrected chi connectivity index (χ3v) is 5.71. The Hall–Kier alpha value is -2.04. The van der Waals surface area contributed by atoms with Gasteiger partial charge in [-0.2, -0.15) is 0 Å². The van der Waals surface area contributed by atoms with Gasteiger partial charge in [0, 0.05) is 0 Å². The van der Waals surface area contributed by atoms with Crippen LogP contribution in [0.25, 0.3) is 10.2 Å². The second kappa shape index (κ2) is 7.69. The number of hydrogen-bond donors (Lipinski definition) is 1. The molecule has 0 atom stereocenters. The van der Waals surface area contributed by atoms with Crippen molar-refractivity contribution in [2.24, 2.45) is 0 Å². The fourth-order valence-corrected chi connectivity index (χ4v) is 4.17. The first kappa shape index (κ1) is 16.8. The molecular weight excluding hydrogens is 368 g/mol. The third kappa shape index (κ3) is 4.08. The molecule has 0 aliphatic carbocycles. The van der Waals surface area contributed by atoms with Gasteiger partial charge in [-0.1, -0.05) is 35.2 Å². The maximum absolute atomic E-state index is 12.2. The quantitative estimate of drug-likeness (QED) is 0.399. The van der Waals surface area contributed by atoms with E-state index in [9.17, 15) is 9.59 Å². The molecule has 10 heteroatoms. The molecule has 0 aliphatic rings. The van der Waals surface area contributed by atoms with E-state index in [1.165, 1.54) is 34.4 Å². The summed E-state index contributed by atoms with van der Waals surface area (Å²) in [5.41, 5.74) is 0.788. The van der Waals surface area contributed by atoms with Gasteiger partial charge >= 0.3 is 5.97 Å². The maximum Gasteiger partial charge on any atom is 0.316 e. The molecule has 0 unspecified atom stereocenters. The highest BCUT2D eigenvalue weighted by Gasteiger charge is 2.15. The molecule has 24 heavy (non-hydrogen) atoms. The number of benzene rings is 1. The Morgan fingerprint density at radius 3 is 2.88 bits per heavy atom. The summed E-state index contributed by atoms with van der Waals surface area (Å²) in [6.07, 6.45) is 0. The minimum atomic E-state index is -0.325. The molecule has 7 nitrogen and oxygen atoms in total. The van der Waals surface area contributed by atoms with E-state index >= 15 is 0 Å². The van der Waals surface area contributed by atoms with Gasteiger partial charge in [-0.15, -0.1) is 21.5 Å². The molecule has 0 radical (unpaired) electrons. The maximum atomic E-state index is 12.2. The SMILES string of the molecule is CCOC(=O)CSc1nnc(NC(=O)c2nc3ccccc3s2)s1. The van der Waals surface area contributed by atoms with Crippen molar-refractivity contribution in [2.75, 3.05) is 17.7 Å². The molecule has 3 aromatic rings. The Bertz CT molecular complexity index is 844. The van der Waals surface area contributed by atoms with E-state index in [2.05, 4.69) is 20.5 Å². The lowest BCUT2D eigenvalue weighted by atomic mass is 10.3. The van der Waals surface area contributed by atoms with Crippen LogP contribution >= 0.6 is 34.4 Å². The van der Waals surface area contributed by atoms with Gasteiger partial charge in [-0.05, 0) is 19.1 Å². The number of thioether (sulfide) groups is 1. The molecule has 0 spiro atoms. The number of esters is 1. The van der Waals surface area contributed by atoms with E-state index in [4.69, 9.17) is 4.74 Å². The zero-order valence-corrected chi connectivity index (χ0v) is 15.0. The van der Waals surface area contributed by atoms with Crippen molar-refractivity contribution >= 4 is 61.7 Å². The van der Waals surface area contributed by atoms with Gasteiger partial charge < -0.3 is 4.74 Å². The highest BCUT2D eigenvalue weighted by molar-refractivity contribution is 8.01. The lowest BCUT2D eigenvalue weighted by Gasteiger charge is -1.98. The number of carbonyl (C=O) groups is 2. The summed E-state index contributed by atoms with van der Waals surface area (Å²) in [5.74, 6) is -0.471. The summed E-state index contributed by atoms with van der Waals surface area (Å²) in [5, 5.41) is 11.2. The van der Waals surface area contributed by atoms with Crippen molar-refractivity contribution in [1.29, 1.82) is 0 Å². The van der Waals surface area contributed by atoms with E-state index in [-0.39, 0.29) is 17.6 Å². The number of para-hydroxylation sites is 1. The second-order valence-corrected chi connectivity index (χ2v) is 7.64. The number of amides is 1. The van der Waals surface area contributed by atoms with Crippen molar-refractivity contribution in [3.8, 4) is 0 Å². The minimum Gasteiger partial charge on any atom is -0.465 e. The summed E-state index contributed by atoms with van der Waals surface area (Å²) >= 11 is 3.74. The summed E-state index contributed by atoms with van der Waals surface area (Å²) in [6.45, 7) is 2.10. The summed E-state index contributed by atoms with van der Waals surface area (Å²) in [7, 11) is 0. The first-order chi connectivity index (χ1) is 11.7. The van der Waals surface area contributed by atoms with Gasteiger partial charge in [-0.3, -0.25) is 14.9 Å². The number of anilines is 1. The molecule has 1 aromatic carbocycles. The first-order valence-corrected chi connectivity index (χ1v) is 9.56. The number of nitrogens with zero attached hydrogens (tertiary/aromatic N) is 3. The van der Waals surface area contributed by atoms with Crippen LogP contribution in [0.3, 0.4) is 0 Å². The predicted octanol–water partition coefficient (Wildman–Crippen LogP) is 3.06. The molecule has 0 aliphatic heterocycles. The number of ether oxygens (including phenoxy) is 1. The molecule has 3 rings (SSSR count). The van der Waals surface area contributed by atoms with Crippen molar-refractivity contribution < 1.29 is 14.3 Å². The van der Waals surface area contributed by atoms with Crippen LogP contribution < -0.4 is 5.32 Å². The first-order valence-electron chi connectivity index (χ1n) is 6.94. The van der Waals surface area contributed by atoms with Crippen molar-refractivity contribution in [3.63, 3.8) is 0 Å². The van der Waals surface area contributed by atoms with Gasteiger partial charge in [0.05, 0.1) is 22.6 Å². The molecule has 0 fully saturated rings. The van der Waals surface area contributed by atoms with Crippen LogP contribution in [0.1, 0.15) is 16.7 Å². The number of carbonyl (C=O) groups excluding carboxylic acids is 2. The molecule has 2 aromatic heterocycles. The van der Waals surface area contributed by atoms with Crippen molar-refractivity contribution in [1.82, 2.24) is 15.2 Å². The highest BCUT2D eigenvalue weighted by atomic mass is 32.2. The number of nitrogens with one attached hydrogen (secondary N) is 1. The van der Waals surface area contributed by atoms with Crippen molar-refractivity contribution in [2.45, 2.75) is 11.3 Å². The number of fused-ring (bicyclic) bond motifs is 1. The molecular formula is C14H12N4O3S3. The van der Waals surface area contributed by atoms with Gasteiger partial charge in [0.25, 0.3) is 5.91 Å². The Morgan fingerprint density at radius 2 is 2.08 bits per heavy atom. The van der Waals surface area contributed by atoms with E-state index in [0.29, 0.717) is 21.1 Å². The zero-order chi connectivity index (χ0) is 16.9. The monoisotopic (exact) mass is 380 g/mol. The minimum absolute atomic E-state index is 0.161. The average molecular weight is 380 g/mol. The largest absolute Gasteiger partial charge is 0.465 e. The molecule has 0 saturated carbocycles. The molecule has 1 amide bonds. The zero-order valence-electron chi connectivity index (χ0n) is 12.5. The van der Waals surface area contributed by atoms with E-state index < -0.39 is 0 Å². The molecule has 0 bridgehead atoms. The molecule has 124 valence electrons. The second-order valence-electron chi connectivity index (χ2n) is 4.41. The topological polar surface area (TPSA) is 94.1 Å². The number of rotatable bonds is 6. The van der Waals surface area contributed by atoms with Crippen LogP contribution in [-0.2, 0) is 9.53 Å². The molecule has 2 heterocycles. The van der Waals surface area contributed by atoms with Gasteiger partial charge in [0.1, 0.15) is 0 Å². The lowest BCUT2D eigenvalue weighted by molar-refractivity contribution is -0.139. The molecule has 1 N–H and O–H groups in total. The Labute approximate surface area is 149 Å². The van der Waals surface area contributed by atoms with E-state index in [1.807, 2.05) is 24.3 Å². The number of aromatic nitrogens is 3. The Balaban J connectivity index is 1.61. The van der Waals surface area contributed by atoms with E-state index in [1.54, 1.807) is 6.92 Å². The van der Waals surface area contributed by atoms with Gasteiger partial charge in [-0.25, -0.2) is 4.98 Å². The van der Waals surface area contributed by atoms with Crippen LogP contribution in [0, 0.1) is 0 Å². The van der Waals surface area contributed by atoms with Gasteiger partial charge in [0.2, 0.25) is 5.13 Å². The normalized spacial score (nSPS) is 10.7. The Morgan fingerprint density at radius 1 is 1.25 bits per heavy atom. The fourth-order valence-electron chi connectivity index (χ4n) is 1.76. The fraction of sp³-hybridized carbons (Fsp3) is 0.214. The Kier molecular flexibility index (Phi) is 5.38. The van der Waals surface area contributed by atoms with E-state index in [0.717, 1.165) is 10.2 Å². The standard InChI is InChI=1S/C14H12N4O3S3/c1-2-21-10(19)7-22-14-18-17-13(24-14)16-11(20)12-15-8-5-3-4-6-9(8)23-12/h3-6H,2,7H2,1H3,(H,16,17,20). The van der Waals surface area contributed by atoms with Gasteiger partial charge in [0.15, 0.2) is 9.35 Å². The number of thiazole rings is 1. The summed E-state index contributed by atoms with van der Waals surface area (Å²) in [6, 6.07) is 7.55. The smallest absolute Gasteiger partial charge is 0.316 e.